The lowest BCUT2D eigenvalue weighted by atomic mass is 9.96. The first-order valence-electron chi connectivity index (χ1n) is 7.70. The first kappa shape index (κ1) is 18.9. The van der Waals surface area contributed by atoms with Gasteiger partial charge in [0.05, 0.1) is 4.90 Å². The van der Waals surface area contributed by atoms with E-state index in [0.717, 1.165) is 17.5 Å². The molecule has 0 saturated carbocycles. The summed E-state index contributed by atoms with van der Waals surface area (Å²) in [6, 6.07) is 14.1. The summed E-state index contributed by atoms with van der Waals surface area (Å²) in [6.45, 7) is 3.94. The molecule has 1 N–H and O–H groups in total. The van der Waals surface area contributed by atoms with Gasteiger partial charge in [-0.25, -0.2) is 13.1 Å². The molecule has 1 atom stereocenters. The third-order valence-corrected chi connectivity index (χ3v) is 5.78. The molecule has 0 radical (unpaired) electrons. The molecule has 2 aromatic rings. The van der Waals surface area contributed by atoms with Crippen molar-refractivity contribution < 1.29 is 13.2 Å². The van der Waals surface area contributed by atoms with Crippen molar-refractivity contribution in [2.24, 2.45) is 0 Å². The lowest BCUT2D eigenvalue weighted by molar-refractivity contribution is 0.00699. The van der Waals surface area contributed by atoms with Gasteiger partial charge in [0.25, 0.3) is 0 Å². The molecule has 24 heavy (non-hydrogen) atoms. The maximum absolute atomic E-state index is 12.5. The minimum atomic E-state index is -3.61. The first-order chi connectivity index (χ1) is 11.3. The van der Waals surface area contributed by atoms with Gasteiger partial charge in [-0.15, -0.1) is 0 Å². The second kappa shape index (κ2) is 7.66. The number of rotatable bonds is 7. The number of aryl methyl sites for hydroxylation is 1. The number of hydrogen-bond acceptors (Lipinski definition) is 3. The zero-order valence-electron chi connectivity index (χ0n) is 14.0. The van der Waals surface area contributed by atoms with E-state index in [1.807, 2.05) is 38.1 Å². The molecule has 0 saturated heterocycles. The summed E-state index contributed by atoms with van der Waals surface area (Å²) in [5, 5.41) is 0.578. The van der Waals surface area contributed by atoms with Crippen LogP contribution in [-0.4, -0.2) is 22.1 Å². The Kier molecular flexibility index (Phi) is 6.04. The van der Waals surface area contributed by atoms with Gasteiger partial charge < -0.3 is 4.74 Å². The Morgan fingerprint density at radius 2 is 1.83 bits per heavy atom. The minimum absolute atomic E-state index is 0.0989. The third kappa shape index (κ3) is 4.36. The highest BCUT2D eigenvalue weighted by molar-refractivity contribution is 7.89. The lowest BCUT2D eigenvalue weighted by Gasteiger charge is -2.29. The van der Waals surface area contributed by atoms with Gasteiger partial charge >= 0.3 is 0 Å². The molecule has 6 heteroatoms. The van der Waals surface area contributed by atoms with Crippen molar-refractivity contribution in [2.75, 3.05) is 13.7 Å². The Morgan fingerprint density at radius 1 is 1.17 bits per heavy atom. The fraction of sp³-hybridized carbons (Fsp3) is 0.333. The lowest BCUT2D eigenvalue weighted by Crippen LogP contribution is -2.40. The highest BCUT2D eigenvalue weighted by Crippen LogP contribution is 2.26. The summed E-state index contributed by atoms with van der Waals surface area (Å²) >= 11 is 6.03. The minimum Gasteiger partial charge on any atom is -0.372 e. The zero-order valence-corrected chi connectivity index (χ0v) is 15.6. The predicted octanol–water partition coefficient (Wildman–Crippen LogP) is 3.74. The average Bonchev–Trinajstić information content (AvgIpc) is 2.60. The highest BCUT2D eigenvalue weighted by Gasteiger charge is 2.29. The Hall–Kier alpha value is -1.40. The molecule has 4 nitrogen and oxygen atoms in total. The van der Waals surface area contributed by atoms with Crippen LogP contribution in [0, 0.1) is 0 Å². The normalized spacial score (nSPS) is 14.3. The van der Waals surface area contributed by atoms with Gasteiger partial charge in [0, 0.05) is 18.7 Å². The van der Waals surface area contributed by atoms with E-state index in [4.69, 9.17) is 16.3 Å². The molecule has 0 aliphatic carbocycles. The molecule has 0 fully saturated rings. The molecule has 2 aromatic carbocycles. The van der Waals surface area contributed by atoms with E-state index in [1.54, 1.807) is 31.4 Å². The molecular weight excluding hydrogens is 346 g/mol. The molecule has 0 aromatic heterocycles. The quantitative estimate of drug-likeness (QED) is 0.811. The number of halogens is 1. The van der Waals surface area contributed by atoms with Gasteiger partial charge in [0.1, 0.15) is 5.60 Å². The second-order valence-electron chi connectivity index (χ2n) is 5.77. The van der Waals surface area contributed by atoms with Crippen LogP contribution in [0.4, 0.5) is 0 Å². The van der Waals surface area contributed by atoms with Crippen LogP contribution >= 0.6 is 11.6 Å². The molecule has 130 valence electrons. The van der Waals surface area contributed by atoms with E-state index in [1.165, 1.54) is 0 Å². The van der Waals surface area contributed by atoms with E-state index in [2.05, 4.69) is 4.72 Å². The average molecular weight is 368 g/mol. The van der Waals surface area contributed by atoms with E-state index in [-0.39, 0.29) is 11.4 Å². The van der Waals surface area contributed by atoms with Crippen molar-refractivity contribution in [1.82, 2.24) is 4.72 Å². The molecule has 1 unspecified atom stereocenters. The molecular formula is C18H22ClNO3S. The summed E-state index contributed by atoms with van der Waals surface area (Å²) < 4.78 is 33.2. The van der Waals surface area contributed by atoms with E-state index in [9.17, 15) is 8.42 Å². The summed E-state index contributed by atoms with van der Waals surface area (Å²) in [6.07, 6.45) is 0.865. The van der Waals surface area contributed by atoms with Crippen molar-refractivity contribution in [3.63, 3.8) is 0 Å². The van der Waals surface area contributed by atoms with Crippen LogP contribution in [-0.2, 0) is 26.8 Å². The van der Waals surface area contributed by atoms with Gasteiger partial charge in [-0.1, -0.05) is 42.8 Å². The van der Waals surface area contributed by atoms with Crippen LogP contribution in [0.1, 0.15) is 25.0 Å². The SMILES string of the molecule is CCc1ccc(S(=O)(=O)NCC(C)(OC)c2cccc(Cl)c2)cc1. The van der Waals surface area contributed by atoms with Crippen LogP contribution in [0.5, 0.6) is 0 Å². The standard InChI is InChI=1S/C18H22ClNO3S/c1-4-14-8-10-17(11-9-14)24(21,22)20-13-18(2,23-3)15-6-5-7-16(19)12-15/h5-12,20H,4,13H2,1-3H3. The van der Waals surface area contributed by atoms with E-state index in [0.29, 0.717) is 5.02 Å². The second-order valence-corrected chi connectivity index (χ2v) is 7.97. The number of nitrogens with one attached hydrogen (secondary N) is 1. The summed E-state index contributed by atoms with van der Waals surface area (Å²) in [5.41, 5.74) is 1.08. The molecule has 2 rings (SSSR count). The molecule has 0 aliphatic heterocycles. The summed E-state index contributed by atoms with van der Waals surface area (Å²) in [4.78, 5) is 0.240. The predicted molar refractivity (Wildman–Crippen MR) is 96.8 cm³/mol. The first-order valence-corrected chi connectivity index (χ1v) is 9.56. The van der Waals surface area contributed by atoms with Crippen LogP contribution in [0.25, 0.3) is 0 Å². The molecule has 0 bridgehead atoms. The Morgan fingerprint density at radius 3 is 2.38 bits per heavy atom. The van der Waals surface area contributed by atoms with Crippen molar-refractivity contribution in [1.29, 1.82) is 0 Å². The number of benzene rings is 2. The van der Waals surface area contributed by atoms with Crippen molar-refractivity contribution in [3.8, 4) is 0 Å². The monoisotopic (exact) mass is 367 g/mol. The zero-order chi connectivity index (χ0) is 17.8. The van der Waals surface area contributed by atoms with Gasteiger partial charge in [-0.2, -0.15) is 0 Å². The van der Waals surface area contributed by atoms with E-state index >= 15 is 0 Å². The maximum Gasteiger partial charge on any atom is 0.240 e. The smallest absolute Gasteiger partial charge is 0.240 e. The van der Waals surface area contributed by atoms with Crippen LogP contribution in [0.15, 0.2) is 53.4 Å². The largest absolute Gasteiger partial charge is 0.372 e. The van der Waals surface area contributed by atoms with Crippen molar-refractivity contribution in [2.45, 2.75) is 30.8 Å². The van der Waals surface area contributed by atoms with Gasteiger partial charge in [0.15, 0.2) is 0 Å². The van der Waals surface area contributed by atoms with Gasteiger partial charge in [-0.3, -0.25) is 0 Å². The van der Waals surface area contributed by atoms with Crippen LogP contribution < -0.4 is 4.72 Å². The van der Waals surface area contributed by atoms with Crippen LogP contribution in [0.2, 0.25) is 5.02 Å². The number of hydrogen-bond donors (Lipinski definition) is 1. The number of methoxy groups -OCH3 is 1. The third-order valence-electron chi connectivity index (χ3n) is 4.13. The van der Waals surface area contributed by atoms with Crippen molar-refractivity contribution in [3.05, 3.63) is 64.7 Å². The van der Waals surface area contributed by atoms with Gasteiger partial charge in [-0.05, 0) is 48.7 Å². The molecule has 0 amide bonds. The Bertz CT molecular complexity index is 790. The molecule has 0 spiro atoms. The highest BCUT2D eigenvalue weighted by atomic mass is 35.5. The van der Waals surface area contributed by atoms with Crippen molar-refractivity contribution >= 4 is 21.6 Å². The maximum atomic E-state index is 12.5. The van der Waals surface area contributed by atoms with Gasteiger partial charge in [0.2, 0.25) is 10.0 Å². The Labute approximate surface area is 148 Å². The summed E-state index contributed by atoms with van der Waals surface area (Å²) in [7, 11) is -2.06. The molecule has 0 heterocycles. The van der Waals surface area contributed by atoms with E-state index < -0.39 is 15.6 Å². The topological polar surface area (TPSA) is 55.4 Å². The summed E-state index contributed by atoms with van der Waals surface area (Å²) in [5.74, 6) is 0. The fourth-order valence-electron chi connectivity index (χ4n) is 2.33. The number of sulfonamides is 1. The Balaban J connectivity index is 2.19. The fourth-order valence-corrected chi connectivity index (χ4v) is 3.65. The van der Waals surface area contributed by atoms with Crippen LogP contribution in [0.3, 0.4) is 0 Å². The number of ether oxygens (including phenoxy) is 1. The molecule has 0 aliphatic rings.